The minimum Gasteiger partial charge on any atom is -0.394 e. The summed E-state index contributed by atoms with van der Waals surface area (Å²) in [6.07, 6.45) is 43.9. The molecular weight excluding hydrogens is 979 g/mol. The first-order chi connectivity index (χ1) is 37.6. The molecule has 14 nitrogen and oxygen atoms in total. The second-order valence-corrected chi connectivity index (χ2v) is 22.2. The summed E-state index contributed by atoms with van der Waals surface area (Å²) in [4.78, 5) is 13.3. The highest BCUT2D eigenvalue weighted by atomic mass is 16.7. The Bertz CT molecular complexity index is 1480. The number of nitrogens with one attached hydrogen (secondary N) is 1. The van der Waals surface area contributed by atoms with Gasteiger partial charge in [0.2, 0.25) is 5.91 Å². The predicted octanol–water partition coefficient (Wildman–Crippen LogP) is 11.2. The van der Waals surface area contributed by atoms with Gasteiger partial charge in [0.05, 0.1) is 32.0 Å². The summed E-state index contributed by atoms with van der Waals surface area (Å²) < 4.78 is 22.9. The van der Waals surface area contributed by atoms with Crippen molar-refractivity contribution in [3.63, 3.8) is 0 Å². The molecular formula is C63H115NO13. The summed E-state index contributed by atoms with van der Waals surface area (Å²) in [5.74, 6) is -0.208. The van der Waals surface area contributed by atoms with Crippen LogP contribution in [-0.2, 0) is 23.7 Å². The summed E-state index contributed by atoms with van der Waals surface area (Å²) in [6.45, 7) is 2.77. The number of carbonyl (C=O) groups excluding carboxylic acids is 1. The number of rotatable bonds is 50. The molecule has 2 heterocycles. The lowest BCUT2D eigenvalue weighted by molar-refractivity contribution is -0.359. The number of allylic oxidation sites excluding steroid dienone is 8. The summed E-state index contributed by atoms with van der Waals surface area (Å²) in [5.41, 5.74) is 0. The van der Waals surface area contributed by atoms with Crippen LogP contribution in [-0.4, -0.2) is 140 Å². The van der Waals surface area contributed by atoms with Crippen molar-refractivity contribution in [1.82, 2.24) is 5.32 Å². The number of aliphatic hydroxyl groups is 8. The number of amides is 1. The molecule has 12 atom stereocenters. The van der Waals surface area contributed by atoms with E-state index in [9.17, 15) is 45.6 Å². The monoisotopic (exact) mass is 1090 g/mol. The van der Waals surface area contributed by atoms with Gasteiger partial charge >= 0.3 is 0 Å². The third-order valence-electron chi connectivity index (χ3n) is 15.3. The van der Waals surface area contributed by atoms with Gasteiger partial charge in [-0.25, -0.2) is 0 Å². The average Bonchev–Trinajstić information content (AvgIpc) is 3.44. The van der Waals surface area contributed by atoms with Crippen LogP contribution in [0.1, 0.15) is 251 Å². The standard InChI is InChI=1S/C63H115NO13/c1-3-5-7-9-11-13-15-17-19-21-23-24-25-26-27-28-29-31-33-35-37-39-41-43-45-47-55(68)64-51(52(67)46-44-42-40-38-36-34-32-30-22-20-18-16-14-12-10-8-6-4-2)50-74-62-60(73)58(71)61(54(49-66)76-62)77-63-59(72)57(70)56(69)53(48-65)75-63/h5,7,11,13,17,19,23-24,51-54,56-63,65-67,69-73H,3-4,6,8-10,12,14-16,18,20-22,25-50H2,1-2H3,(H,64,68)/b7-5-,13-11-,19-17-,24-23-. The molecule has 450 valence electrons. The molecule has 77 heavy (non-hydrogen) atoms. The molecule has 14 heteroatoms. The number of ether oxygens (including phenoxy) is 4. The van der Waals surface area contributed by atoms with Gasteiger partial charge in [0.1, 0.15) is 48.8 Å². The molecule has 0 aromatic rings. The first-order valence-corrected chi connectivity index (χ1v) is 31.4. The van der Waals surface area contributed by atoms with Crippen LogP contribution in [0.25, 0.3) is 0 Å². The van der Waals surface area contributed by atoms with E-state index < -0.39 is 86.8 Å². The Morgan fingerprint density at radius 3 is 1.38 bits per heavy atom. The Kier molecular flexibility index (Phi) is 44.9. The van der Waals surface area contributed by atoms with Crippen molar-refractivity contribution in [1.29, 1.82) is 0 Å². The minimum absolute atomic E-state index is 0.208. The van der Waals surface area contributed by atoms with E-state index in [1.807, 2.05) is 0 Å². The fraction of sp³-hybridized carbons (Fsp3) is 0.857. The maximum atomic E-state index is 13.3. The number of aliphatic hydroxyl groups excluding tert-OH is 8. The van der Waals surface area contributed by atoms with Crippen molar-refractivity contribution >= 4 is 5.91 Å². The van der Waals surface area contributed by atoms with E-state index in [2.05, 4.69) is 67.8 Å². The maximum absolute atomic E-state index is 13.3. The molecule has 1 amide bonds. The SMILES string of the molecule is CC/C=C\C/C=C\C/C=C\C/C=C\CCCCCCCCCCCCCCC(=O)NC(COC1OC(CO)C(OC2OC(CO)C(O)C(O)C2O)C(O)C1O)C(O)CCCCCCCCCCCCCCCCCCCC. The van der Waals surface area contributed by atoms with Crippen molar-refractivity contribution < 1.29 is 64.6 Å². The second kappa shape index (κ2) is 48.6. The summed E-state index contributed by atoms with van der Waals surface area (Å²) in [6, 6.07) is -0.831. The quantitative estimate of drug-likeness (QED) is 0.0204. The van der Waals surface area contributed by atoms with Crippen molar-refractivity contribution in [3.8, 4) is 0 Å². The van der Waals surface area contributed by atoms with E-state index in [0.29, 0.717) is 12.8 Å². The molecule has 0 aromatic carbocycles. The Morgan fingerprint density at radius 2 is 0.896 bits per heavy atom. The number of hydrogen-bond donors (Lipinski definition) is 9. The Morgan fingerprint density at radius 1 is 0.481 bits per heavy atom. The van der Waals surface area contributed by atoms with Gasteiger partial charge in [0.15, 0.2) is 12.6 Å². The normalized spacial score (nSPS) is 25.0. The van der Waals surface area contributed by atoms with Crippen molar-refractivity contribution in [2.75, 3.05) is 19.8 Å². The minimum atomic E-state index is -1.78. The Hall–Kier alpha value is -2.05. The fourth-order valence-electron chi connectivity index (χ4n) is 10.3. The van der Waals surface area contributed by atoms with Crippen molar-refractivity contribution in [2.24, 2.45) is 0 Å². The van der Waals surface area contributed by atoms with Gasteiger partial charge < -0.3 is 65.1 Å². The lowest BCUT2D eigenvalue weighted by Gasteiger charge is -2.46. The van der Waals surface area contributed by atoms with Crippen LogP contribution in [0.3, 0.4) is 0 Å². The van der Waals surface area contributed by atoms with Crippen molar-refractivity contribution in [2.45, 2.75) is 325 Å². The molecule has 2 fully saturated rings. The van der Waals surface area contributed by atoms with E-state index in [1.54, 1.807) is 0 Å². The lowest BCUT2D eigenvalue weighted by atomic mass is 9.97. The molecule has 2 saturated heterocycles. The van der Waals surface area contributed by atoms with E-state index in [4.69, 9.17) is 18.9 Å². The molecule has 2 aliphatic heterocycles. The summed E-state index contributed by atoms with van der Waals surface area (Å²) in [5, 5.41) is 87.4. The van der Waals surface area contributed by atoms with Gasteiger partial charge in [-0.1, -0.05) is 242 Å². The molecule has 0 aromatic heterocycles. The van der Waals surface area contributed by atoms with Crippen LogP contribution in [0.5, 0.6) is 0 Å². The topological polar surface area (TPSA) is 228 Å². The highest BCUT2D eigenvalue weighted by Crippen LogP contribution is 2.30. The molecule has 0 bridgehead atoms. The zero-order valence-electron chi connectivity index (χ0n) is 48.5. The highest BCUT2D eigenvalue weighted by molar-refractivity contribution is 5.76. The Labute approximate surface area is 467 Å². The molecule has 2 rings (SSSR count). The summed E-state index contributed by atoms with van der Waals surface area (Å²) in [7, 11) is 0. The van der Waals surface area contributed by atoms with Crippen molar-refractivity contribution in [3.05, 3.63) is 48.6 Å². The lowest BCUT2D eigenvalue weighted by Crippen LogP contribution is -2.65. The highest BCUT2D eigenvalue weighted by Gasteiger charge is 2.51. The van der Waals surface area contributed by atoms with E-state index in [0.717, 1.165) is 83.5 Å². The predicted molar refractivity (Wildman–Crippen MR) is 309 cm³/mol. The van der Waals surface area contributed by atoms with Gasteiger partial charge in [-0.15, -0.1) is 0 Å². The third-order valence-corrected chi connectivity index (χ3v) is 15.3. The van der Waals surface area contributed by atoms with Gasteiger partial charge in [0, 0.05) is 6.42 Å². The number of hydrogen-bond acceptors (Lipinski definition) is 13. The van der Waals surface area contributed by atoms with Crippen LogP contribution >= 0.6 is 0 Å². The van der Waals surface area contributed by atoms with E-state index in [1.165, 1.54) is 141 Å². The van der Waals surface area contributed by atoms with E-state index in [-0.39, 0.29) is 12.5 Å². The smallest absolute Gasteiger partial charge is 0.220 e. The molecule has 0 radical (unpaired) electrons. The summed E-state index contributed by atoms with van der Waals surface area (Å²) >= 11 is 0. The molecule has 0 aliphatic carbocycles. The number of carbonyl (C=O) groups is 1. The van der Waals surface area contributed by atoms with Gasteiger partial charge in [-0.05, 0) is 51.4 Å². The van der Waals surface area contributed by atoms with Crippen LogP contribution in [0.15, 0.2) is 48.6 Å². The first kappa shape index (κ1) is 71.1. The Balaban J connectivity index is 1.72. The third kappa shape index (κ3) is 34.1. The average molecular weight is 1090 g/mol. The van der Waals surface area contributed by atoms with Crippen LogP contribution < -0.4 is 5.32 Å². The van der Waals surface area contributed by atoms with Gasteiger partial charge in [-0.3, -0.25) is 4.79 Å². The largest absolute Gasteiger partial charge is 0.394 e. The molecule has 0 saturated carbocycles. The van der Waals surface area contributed by atoms with Crippen LogP contribution in [0.4, 0.5) is 0 Å². The van der Waals surface area contributed by atoms with Crippen LogP contribution in [0, 0.1) is 0 Å². The zero-order chi connectivity index (χ0) is 56.0. The van der Waals surface area contributed by atoms with Crippen LogP contribution in [0.2, 0.25) is 0 Å². The second-order valence-electron chi connectivity index (χ2n) is 22.2. The molecule has 2 aliphatic rings. The first-order valence-electron chi connectivity index (χ1n) is 31.4. The maximum Gasteiger partial charge on any atom is 0.220 e. The van der Waals surface area contributed by atoms with Gasteiger partial charge in [0.25, 0.3) is 0 Å². The van der Waals surface area contributed by atoms with Gasteiger partial charge in [-0.2, -0.15) is 0 Å². The fourth-order valence-corrected chi connectivity index (χ4v) is 10.3. The molecule has 0 spiro atoms. The molecule has 12 unspecified atom stereocenters. The molecule has 9 N–H and O–H groups in total. The number of unbranched alkanes of at least 4 members (excludes halogenated alkanes) is 29. The zero-order valence-corrected chi connectivity index (χ0v) is 48.5. The van der Waals surface area contributed by atoms with E-state index >= 15 is 0 Å².